The highest BCUT2D eigenvalue weighted by Gasteiger charge is 2.24. The molecule has 3 N–H and O–H groups in total. The molecule has 0 unspecified atom stereocenters. The number of hydrogen-bond acceptors (Lipinski definition) is 6. The Balaban J connectivity index is 1.70. The van der Waals surface area contributed by atoms with Crippen LogP contribution in [0.1, 0.15) is 27.2 Å². The van der Waals surface area contributed by atoms with Crippen molar-refractivity contribution in [1.29, 1.82) is 5.26 Å². The summed E-state index contributed by atoms with van der Waals surface area (Å²) in [6, 6.07) is 9.64. The molecule has 0 spiro atoms. The van der Waals surface area contributed by atoms with Crippen LogP contribution in [0.3, 0.4) is 0 Å². The minimum absolute atomic E-state index is 0.0238. The van der Waals surface area contributed by atoms with Crippen molar-refractivity contribution in [2.75, 3.05) is 24.2 Å². The van der Waals surface area contributed by atoms with Gasteiger partial charge in [-0.3, -0.25) is 9.89 Å². The molecule has 1 aromatic carbocycles. The number of amides is 1. The van der Waals surface area contributed by atoms with Crippen LogP contribution in [0.25, 0.3) is 0 Å². The van der Waals surface area contributed by atoms with Gasteiger partial charge in [-0.1, -0.05) is 12.1 Å². The number of benzene rings is 1. The Kier molecular flexibility index (Phi) is 4.41. The Labute approximate surface area is 162 Å². The Morgan fingerprint density at radius 3 is 2.86 bits per heavy atom. The van der Waals surface area contributed by atoms with Crippen molar-refractivity contribution < 1.29 is 4.79 Å². The summed E-state index contributed by atoms with van der Waals surface area (Å²) in [5, 5.41) is 22.8. The SMILES string of the molecule is Cc1n[nH]cc1Nc1cc(Nc2cccc3c2C(=O)N(C)CC3)c(C#N)cn1. The number of likely N-dealkylation sites (N-methyl/N-ethyl adjacent to an activating group) is 1. The summed E-state index contributed by atoms with van der Waals surface area (Å²) < 4.78 is 0. The Bertz CT molecular complexity index is 1100. The Morgan fingerprint density at radius 1 is 1.25 bits per heavy atom. The van der Waals surface area contributed by atoms with E-state index in [-0.39, 0.29) is 5.91 Å². The van der Waals surface area contributed by atoms with Gasteiger partial charge >= 0.3 is 0 Å². The van der Waals surface area contributed by atoms with Gasteiger partial charge in [0.25, 0.3) is 5.91 Å². The van der Waals surface area contributed by atoms with E-state index in [1.165, 1.54) is 6.20 Å². The standard InChI is InChI=1S/C20H19N7O/c1-12-17(11-23-26-12)25-18-8-16(14(9-21)10-22-18)24-15-5-3-4-13-6-7-27(2)20(28)19(13)15/h3-5,8,10-11H,6-7H2,1-2H3,(H,23,26)(H2,22,24,25). The first-order valence-corrected chi connectivity index (χ1v) is 8.88. The number of H-pyrrole nitrogens is 1. The van der Waals surface area contributed by atoms with Gasteiger partial charge in [-0.15, -0.1) is 0 Å². The Morgan fingerprint density at radius 2 is 2.11 bits per heavy atom. The van der Waals surface area contributed by atoms with E-state index in [1.54, 1.807) is 24.2 Å². The first-order valence-electron chi connectivity index (χ1n) is 8.88. The molecule has 4 rings (SSSR count). The maximum absolute atomic E-state index is 12.7. The third kappa shape index (κ3) is 3.14. The number of aromatic amines is 1. The molecule has 0 saturated carbocycles. The van der Waals surface area contributed by atoms with Gasteiger partial charge in [-0.25, -0.2) is 4.98 Å². The van der Waals surface area contributed by atoms with Gasteiger partial charge in [0.2, 0.25) is 0 Å². The van der Waals surface area contributed by atoms with Gasteiger partial charge in [0, 0.05) is 32.1 Å². The minimum atomic E-state index is -0.0238. The van der Waals surface area contributed by atoms with Crippen molar-refractivity contribution in [2.24, 2.45) is 0 Å². The molecule has 0 radical (unpaired) electrons. The Hall–Kier alpha value is -3.86. The molecule has 1 aliphatic rings. The molecule has 0 atom stereocenters. The van der Waals surface area contributed by atoms with Crippen molar-refractivity contribution in [3.8, 4) is 6.07 Å². The molecule has 3 heterocycles. The van der Waals surface area contributed by atoms with Crippen molar-refractivity contribution in [3.05, 3.63) is 59.0 Å². The second kappa shape index (κ2) is 7.04. The molecule has 3 aromatic rings. The highest BCUT2D eigenvalue weighted by atomic mass is 16.2. The predicted octanol–water partition coefficient (Wildman–Crippen LogP) is 3.10. The van der Waals surface area contributed by atoms with Crippen molar-refractivity contribution in [3.63, 3.8) is 0 Å². The van der Waals surface area contributed by atoms with Crippen LogP contribution in [0, 0.1) is 18.3 Å². The first-order chi connectivity index (χ1) is 13.6. The van der Waals surface area contributed by atoms with E-state index in [9.17, 15) is 10.1 Å². The summed E-state index contributed by atoms with van der Waals surface area (Å²) in [5.74, 6) is 0.545. The van der Waals surface area contributed by atoms with Gasteiger partial charge in [-0.05, 0) is 25.0 Å². The normalized spacial score (nSPS) is 13.0. The van der Waals surface area contributed by atoms with Crippen molar-refractivity contribution >= 4 is 28.8 Å². The highest BCUT2D eigenvalue weighted by molar-refractivity contribution is 6.02. The summed E-state index contributed by atoms with van der Waals surface area (Å²) >= 11 is 0. The number of rotatable bonds is 4. The molecule has 8 nitrogen and oxygen atoms in total. The van der Waals surface area contributed by atoms with E-state index in [0.717, 1.165) is 23.4 Å². The lowest BCUT2D eigenvalue weighted by Crippen LogP contribution is -2.34. The van der Waals surface area contributed by atoms with E-state index in [0.29, 0.717) is 34.9 Å². The summed E-state index contributed by atoms with van der Waals surface area (Å²) in [6.07, 6.45) is 4.05. The predicted molar refractivity (Wildman–Crippen MR) is 106 cm³/mol. The van der Waals surface area contributed by atoms with Crippen molar-refractivity contribution in [1.82, 2.24) is 20.1 Å². The zero-order valence-electron chi connectivity index (χ0n) is 15.6. The second-order valence-corrected chi connectivity index (χ2v) is 6.68. The van der Waals surface area contributed by atoms with Gasteiger partial charge in [-0.2, -0.15) is 10.4 Å². The molecular formula is C20H19N7O. The highest BCUT2D eigenvalue weighted by Crippen LogP contribution is 2.30. The zero-order valence-corrected chi connectivity index (χ0v) is 15.6. The van der Waals surface area contributed by atoms with Gasteiger partial charge < -0.3 is 15.5 Å². The lowest BCUT2D eigenvalue weighted by molar-refractivity contribution is 0.0782. The van der Waals surface area contributed by atoms with E-state index < -0.39 is 0 Å². The molecule has 0 aliphatic carbocycles. The molecule has 2 aromatic heterocycles. The molecule has 0 bridgehead atoms. The maximum atomic E-state index is 12.7. The first kappa shape index (κ1) is 17.5. The number of fused-ring (bicyclic) bond motifs is 1. The number of carbonyl (C=O) groups is 1. The van der Waals surface area contributed by atoms with E-state index in [2.05, 4.69) is 31.9 Å². The van der Waals surface area contributed by atoms with Crippen LogP contribution in [0.5, 0.6) is 0 Å². The lowest BCUT2D eigenvalue weighted by atomic mass is 9.97. The van der Waals surface area contributed by atoms with Crippen LogP contribution < -0.4 is 10.6 Å². The third-order valence-electron chi connectivity index (χ3n) is 4.82. The summed E-state index contributed by atoms with van der Waals surface area (Å²) in [7, 11) is 1.80. The summed E-state index contributed by atoms with van der Waals surface area (Å²) in [5.41, 5.74) is 4.93. The quantitative estimate of drug-likeness (QED) is 0.648. The van der Waals surface area contributed by atoms with Crippen molar-refractivity contribution in [2.45, 2.75) is 13.3 Å². The molecular weight excluding hydrogens is 354 g/mol. The topological polar surface area (TPSA) is 110 Å². The van der Waals surface area contributed by atoms with E-state index in [4.69, 9.17) is 0 Å². The fourth-order valence-electron chi connectivity index (χ4n) is 3.23. The zero-order chi connectivity index (χ0) is 19.7. The maximum Gasteiger partial charge on any atom is 0.255 e. The number of aromatic nitrogens is 3. The van der Waals surface area contributed by atoms with Gasteiger partial charge in [0.05, 0.1) is 33.9 Å². The smallest absolute Gasteiger partial charge is 0.255 e. The fourth-order valence-corrected chi connectivity index (χ4v) is 3.23. The molecule has 28 heavy (non-hydrogen) atoms. The molecule has 140 valence electrons. The minimum Gasteiger partial charge on any atom is -0.354 e. The molecule has 0 saturated heterocycles. The summed E-state index contributed by atoms with van der Waals surface area (Å²) in [4.78, 5) is 18.7. The monoisotopic (exact) mass is 373 g/mol. The number of aryl methyl sites for hydroxylation is 1. The molecule has 8 heteroatoms. The van der Waals surface area contributed by atoms with Crippen LogP contribution in [0.2, 0.25) is 0 Å². The van der Waals surface area contributed by atoms with Crippen LogP contribution in [-0.2, 0) is 6.42 Å². The van der Waals surface area contributed by atoms with Gasteiger partial charge in [0.15, 0.2) is 0 Å². The number of pyridine rings is 1. The molecule has 1 aliphatic heterocycles. The summed E-state index contributed by atoms with van der Waals surface area (Å²) in [6.45, 7) is 2.58. The largest absolute Gasteiger partial charge is 0.354 e. The second-order valence-electron chi connectivity index (χ2n) is 6.68. The van der Waals surface area contributed by atoms with Crippen LogP contribution in [-0.4, -0.2) is 39.6 Å². The number of nitriles is 1. The number of nitrogens with one attached hydrogen (secondary N) is 3. The van der Waals surface area contributed by atoms with E-state index in [1.807, 2.05) is 25.1 Å². The molecule has 1 amide bonds. The van der Waals surface area contributed by atoms with Crippen LogP contribution in [0.4, 0.5) is 22.9 Å². The van der Waals surface area contributed by atoms with E-state index >= 15 is 0 Å². The number of anilines is 4. The average Bonchev–Trinajstić information content (AvgIpc) is 3.10. The number of hydrogen-bond donors (Lipinski definition) is 3. The third-order valence-corrected chi connectivity index (χ3v) is 4.82. The number of nitrogens with zero attached hydrogens (tertiary/aromatic N) is 4. The number of carbonyl (C=O) groups excluding carboxylic acids is 1. The molecule has 0 fully saturated rings. The fraction of sp³-hybridized carbons (Fsp3) is 0.200. The van der Waals surface area contributed by atoms with Crippen LogP contribution in [0.15, 0.2) is 36.7 Å². The van der Waals surface area contributed by atoms with Crippen LogP contribution >= 0.6 is 0 Å². The van der Waals surface area contributed by atoms with Gasteiger partial charge in [0.1, 0.15) is 11.9 Å². The lowest BCUT2D eigenvalue weighted by Gasteiger charge is -2.27. The average molecular weight is 373 g/mol.